The third-order valence-corrected chi connectivity index (χ3v) is 2.57. The molecule has 0 fully saturated rings. The van der Waals surface area contributed by atoms with Crippen molar-refractivity contribution in [3.05, 3.63) is 42.5 Å². The number of amides is 1. The maximum atomic E-state index is 10.8. The van der Waals surface area contributed by atoms with Crippen molar-refractivity contribution in [2.24, 2.45) is 0 Å². The molecular formula is C14H13NO4. The lowest BCUT2D eigenvalue weighted by molar-refractivity contribution is -0.150. The molecule has 1 amide bonds. The predicted octanol–water partition coefficient (Wildman–Crippen LogP) is 1.42. The van der Waals surface area contributed by atoms with E-state index in [-0.39, 0.29) is 13.2 Å². The molecule has 0 aliphatic rings. The molecule has 0 radical (unpaired) electrons. The van der Waals surface area contributed by atoms with Crippen LogP contribution in [-0.2, 0) is 9.59 Å². The molecule has 98 valence electrons. The van der Waals surface area contributed by atoms with Gasteiger partial charge >= 0.3 is 11.9 Å². The van der Waals surface area contributed by atoms with Crippen LogP contribution in [0.2, 0.25) is 0 Å². The monoisotopic (exact) mass is 259 g/mol. The average Bonchev–Trinajstić information content (AvgIpc) is 2.43. The molecule has 0 saturated carbocycles. The highest BCUT2D eigenvalue weighted by molar-refractivity contribution is 6.31. The Morgan fingerprint density at radius 3 is 2.58 bits per heavy atom. The largest absolute Gasteiger partial charge is 0.492 e. The van der Waals surface area contributed by atoms with Gasteiger partial charge in [0.25, 0.3) is 0 Å². The smallest absolute Gasteiger partial charge is 0.394 e. The number of hydrogen-bond donors (Lipinski definition) is 2. The maximum absolute atomic E-state index is 10.8. The number of benzene rings is 2. The molecular weight excluding hydrogens is 246 g/mol. The van der Waals surface area contributed by atoms with Crippen LogP contribution in [0, 0.1) is 0 Å². The molecule has 0 aliphatic heterocycles. The van der Waals surface area contributed by atoms with E-state index in [2.05, 4.69) is 5.32 Å². The first-order valence-corrected chi connectivity index (χ1v) is 5.79. The second kappa shape index (κ2) is 5.86. The fourth-order valence-corrected chi connectivity index (χ4v) is 1.67. The summed E-state index contributed by atoms with van der Waals surface area (Å²) in [5.41, 5.74) is 0. The van der Waals surface area contributed by atoms with Gasteiger partial charge in [0.05, 0.1) is 6.54 Å². The van der Waals surface area contributed by atoms with E-state index in [1.165, 1.54) is 0 Å². The van der Waals surface area contributed by atoms with E-state index in [1.807, 2.05) is 42.5 Å². The molecule has 0 spiro atoms. The van der Waals surface area contributed by atoms with Crippen LogP contribution in [-0.4, -0.2) is 30.1 Å². The molecule has 0 atom stereocenters. The number of aliphatic carboxylic acids is 1. The van der Waals surface area contributed by atoms with Gasteiger partial charge in [-0.05, 0) is 22.9 Å². The zero-order chi connectivity index (χ0) is 13.7. The van der Waals surface area contributed by atoms with Crippen molar-refractivity contribution < 1.29 is 19.4 Å². The topological polar surface area (TPSA) is 75.6 Å². The van der Waals surface area contributed by atoms with E-state index in [4.69, 9.17) is 9.84 Å². The number of carboxylic acid groups (broad SMARTS) is 1. The van der Waals surface area contributed by atoms with Gasteiger partial charge < -0.3 is 15.2 Å². The Bertz CT molecular complexity index is 609. The van der Waals surface area contributed by atoms with Crippen molar-refractivity contribution in [1.29, 1.82) is 0 Å². The minimum Gasteiger partial charge on any atom is -0.492 e. The molecule has 19 heavy (non-hydrogen) atoms. The average molecular weight is 259 g/mol. The van der Waals surface area contributed by atoms with Gasteiger partial charge in [0.2, 0.25) is 0 Å². The Morgan fingerprint density at radius 1 is 1.11 bits per heavy atom. The summed E-state index contributed by atoms with van der Waals surface area (Å²) in [4.78, 5) is 21.0. The van der Waals surface area contributed by atoms with Crippen molar-refractivity contribution in [3.8, 4) is 5.75 Å². The lowest BCUT2D eigenvalue weighted by Gasteiger charge is -2.07. The lowest BCUT2D eigenvalue weighted by Crippen LogP contribution is -2.33. The summed E-state index contributed by atoms with van der Waals surface area (Å²) < 4.78 is 5.44. The number of fused-ring (bicyclic) bond motifs is 1. The van der Waals surface area contributed by atoms with Gasteiger partial charge in [0, 0.05) is 0 Å². The van der Waals surface area contributed by atoms with Gasteiger partial charge in [-0.2, -0.15) is 0 Å². The minimum atomic E-state index is -1.49. The van der Waals surface area contributed by atoms with E-state index in [0.29, 0.717) is 5.75 Å². The highest BCUT2D eigenvalue weighted by atomic mass is 16.5. The summed E-state index contributed by atoms with van der Waals surface area (Å²) in [6.45, 7) is 0.370. The summed E-state index contributed by atoms with van der Waals surface area (Å²) in [5, 5.41) is 12.8. The third-order valence-electron chi connectivity index (χ3n) is 2.57. The predicted molar refractivity (Wildman–Crippen MR) is 70.1 cm³/mol. The molecule has 0 unspecified atom stereocenters. The Balaban J connectivity index is 1.88. The van der Waals surface area contributed by atoms with Crippen molar-refractivity contribution >= 4 is 22.6 Å². The lowest BCUT2D eigenvalue weighted by atomic mass is 10.1. The number of ether oxygens (including phenoxy) is 1. The number of carbonyl (C=O) groups is 2. The SMILES string of the molecule is O=C(O)C(=O)NCCOc1ccc2ccccc2c1. The first-order valence-electron chi connectivity index (χ1n) is 5.79. The van der Waals surface area contributed by atoms with Crippen molar-refractivity contribution in [1.82, 2.24) is 5.32 Å². The van der Waals surface area contributed by atoms with E-state index in [0.717, 1.165) is 10.8 Å². The van der Waals surface area contributed by atoms with E-state index in [1.54, 1.807) is 0 Å². The summed E-state index contributed by atoms with van der Waals surface area (Å²) in [7, 11) is 0. The summed E-state index contributed by atoms with van der Waals surface area (Å²) in [6.07, 6.45) is 0. The summed E-state index contributed by atoms with van der Waals surface area (Å²) in [6, 6.07) is 13.6. The van der Waals surface area contributed by atoms with Crippen molar-refractivity contribution in [2.45, 2.75) is 0 Å². The molecule has 0 aliphatic carbocycles. The molecule has 0 bridgehead atoms. The number of carbonyl (C=O) groups excluding carboxylic acids is 1. The van der Waals surface area contributed by atoms with Gasteiger partial charge in [0.15, 0.2) is 0 Å². The zero-order valence-electron chi connectivity index (χ0n) is 10.1. The van der Waals surface area contributed by atoms with Crippen molar-refractivity contribution in [3.63, 3.8) is 0 Å². The quantitative estimate of drug-likeness (QED) is 0.643. The van der Waals surface area contributed by atoms with Crippen LogP contribution in [0.25, 0.3) is 10.8 Å². The van der Waals surface area contributed by atoms with Crippen LogP contribution in [0.5, 0.6) is 5.75 Å². The highest BCUT2D eigenvalue weighted by Crippen LogP contribution is 2.20. The van der Waals surface area contributed by atoms with Crippen LogP contribution in [0.1, 0.15) is 0 Å². The second-order valence-corrected chi connectivity index (χ2v) is 3.92. The highest BCUT2D eigenvalue weighted by Gasteiger charge is 2.09. The van der Waals surface area contributed by atoms with Crippen molar-refractivity contribution in [2.75, 3.05) is 13.2 Å². The van der Waals surface area contributed by atoms with Gasteiger partial charge in [0.1, 0.15) is 12.4 Å². The summed E-state index contributed by atoms with van der Waals surface area (Å²) >= 11 is 0. The molecule has 2 aromatic carbocycles. The Kier molecular flexibility index (Phi) is 3.97. The fraction of sp³-hybridized carbons (Fsp3) is 0.143. The molecule has 2 aromatic rings. The first-order chi connectivity index (χ1) is 9.16. The van der Waals surface area contributed by atoms with Crippen LogP contribution in [0.4, 0.5) is 0 Å². The number of rotatable bonds is 4. The Hall–Kier alpha value is -2.56. The molecule has 2 rings (SSSR count). The molecule has 5 nitrogen and oxygen atoms in total. The first kappa shape index (κ1) is 12.9. The van der Waals surface area contributed by atoms with Crippen LogP contribution in [0.15, 0.2) is 42.5 Å². The van der Waals surface area contributed by atoms with Crippen LogP contribution < -0.4 is 10.1 Å². The van der Waals surface area contributed by atoms with Crippen LogP contribution >= 0.6 is 0 Å². The zero-order valence-corrected chi connectivity index (χ0v) is 10.1. The second-order valence-electron chi connectivity index (χ2n) is 3.92. The normalized spacial score (nSPS) is 10.1. The number of hydrogen-bond acceptors (Lipinski definition) is 3. The van der Waals surface area contributed by atoms with E-state index < -0.39 is 11.9 Å². The Morgan fingerprint density at radius 2 is 1.84 bits per heavy atom. The third kappa shape index (κ3) is 3.45. The van der Waals surface area contributed by atoms with Gasteiger partial charge in [-0.15, -0.1) is 0 Å². The standard InChI is InChI=1S/C14H13NO4/c16-13(14(17)18)15-7-8-19-12-6-5-10-3-1-2-4-11(10)9-12/h1-6,9H,7-8H2,(H,15,16)(H,17,18). The molecule has 2 N–H and O–H groups in total. The van der Waals surface area contributed by atoms with Gasteiger partial charge in [-0.25, -0.2) is 4.79 Å². The van der Waals surface area contributed by atoms with E-state index in [9.17, 15) is 9.59 Å². The maximum Gasteiger partial charge on any atom is 0.394 e. The minimum absolute atomic E-state index is 0.151. The molecule has 0 heterocycles. The number of carboxylic acids is 1. The fourth-order valence-electron chi connectivity index (χ4n) is 1.67. The molecule has 0 saturated heterocycles. The van der Waals surface area contributed by atoms with Gasteiger partial charge in [-0.3, -0.25) is 4.79 Å². The van der Waals surface area contributed by atoms with Crippen LogP contribution in [0.3, 0.4) is 0 Å². The molecule has 5 heteroatoms. The van der Waals surface area contributed by atoms with Gasteiger partial charge in [-0.1, -0.05) is 30.3 Å². The van der Waals surface area contributed by atoms with E-state index >= 15 is 0 Å². The summed E-state index contributed by atoms with van der Waals surface area (Å²) in [5.74, 6) is -1.84. The Labute approximate surface area is 109 Å². The molecule has 0 aromatic heterocycles. The number of nitrogens with one attached hydrogen (secondary N) is 1.